The normalized spacial score (nSPS) is 12.1. The van der Waals surface area contributed by atoms with Crippen LogP contribution in [0.4, 0.5) is 5.82 Å². The topological polar surface area (TPSA) is 84.6 Å². The molecule has 0 spiro atoms. The molecule has 2 N–H and O–H groups in total. The lowest BCUT2D eigenvalue weighted by atomic mass is 10.1. The van der Waals surface area contributed by atoms with Gasteiger partial charge in [0.2, 0.25) is 0 Å². The number of fused-ring (bicyclic) bond motifs is 1. The molecule has 0 radical (unpaired) electrons. The molecule has 0 saturated heterocycles. The molecule has 3 rings (SSSR count). The highest BCUT2D eigenvalue weighted by atomic mass is 16.5. The summed E-state index contributed by atoms with van der Waals surface area (Å²) in [5.74, 6) is 1.58. The summed E-state index contributed by atoms with van der Waals surface area (Å²) in [5.41, 5.74) is 1.68. The number of nitrogens with one attached hydrogen (secondary N) is 1. The van der Waals surface area contributed by atoms with Gasteiger partial charge in [0.15, 0.2) is 17.4 Å². The lowest BCUT2D eigenvalue weighted by Gasteiger charge is -2.19. The van der Waals surface area contributed by atoms with Crippen molar-refractivity contribution in [3.05, 3.63) is 54.9 Å². The quantitative estimate of drug-likeness (QED) is 0.572. The summed E-state index contributed by atoms with van der Waals surface area (Å²) in [4.78, 5) is 13.2. The number of ether oxygens (including phenoxy) is 1. The predicted molar refractivity (Wildman–Crippen MR) is 106 cm³/mol. The van der Waals surface area contributed by atoms with Gasteiger partial charge in [-0.2, -0.15) is 0 Å². The van der Waals surface area contributed by atoms with E-state index in [0.29, 0.717) is 24.0 Å². The molecule has 7 heteroatoms. The van der Waals surface area contributed by atoms with Gasteiger partial charge in [-0.05, 0) is 24.6 Å². The van der Waals surface area contributed by atoms with Gasteiger partial charge in [0.25, 0.3) is 0 Å². The Bertz CT molecular complexity index is 860. The van der Waals surface area contributed by atoms with Gasteiger partial charge in [-0.1, -0.05) is 32.4 Å². The molecule has 7 nitrogen and oxygen atoms in total. The van der Waals surface area contributed by atoms with Crippen LogP contribution in [-0.4, -0.2) is 37.1 Å². The van der Waals surface area contributed by atoms with Gasteiger partial charge in [0.05, 0.1) is 24.5 Å². The van der Waals surface area contributed by atoms with Gasteiger partial charge in [0.1, 0.15) is 12.3 Å². The molecule has 3 aromatic heterocycles. The summed E-state index contributed by atoms with van der Waals surface area (Å²) in [7, 11) is 0. The molecule has 3 aromatic rings. The third kappa shape index (κ3) is 4.83. The number of imidazole rings is 1. The molecule has 0 aliphatic heterocycles. The van der Waals surface area contributed by atoms with Crippen LogP contribution in [0.2, 0.25) is 0 Å². The lowest BCUT2D eigenvalue weighted by molar-refractivity contribution is 0.265. The van der Waals surface area contributed by atoms with Crippen molar-refractivity contribution in [3.8, 4) is 5.75 Å². The molecule has 1 atom stereocenters. The Morgan fingerprint density at radius 2 is 2.26 bits per heavy atom. The number of aliphatic hydroxyl groups excluding tert-OH is 1. The van der Waals surface area contributed by atoms with E-state index in [1.54, 1.807) is 12.3 Å². The predicted octanol–water partition coefficient (Wildman–Crippen LogP) is 3.31. The van der Waals surface area contributed by atoms with Crippen molar-refractivity contribution in [2.75, 3.05) is 11.9 Å². The van der Waals surface area contributed by atoms with E-state index in [9.17, 15) is 5.11 Å². The van der Waals surface area contributed by atoms with Crippen molar-refractivity contribution in [2.24, 2.45) is 0 Å². The number of hydrogen-bond acceptors (Lipinski definition) is 6. The first-order valence-electron chi connectivity index (χ1n) is 9.15. The fourth-order valence-corrected chi connectivity index (χ4v) is 2.75. The van der Waals surface area contributed by atoms with Crippen molar-refractivity contribution in [2.45, 2.75) is 38.8 Å². The number of hydrogen-bond donors (Lipinski definition) is 2. The van der Waals surface area contributed by atoms with Gasteiger partial charge < -0.3 is 19.6 Å². The molecule has 27 heavy (non-hydrogen) atoms. The summed E-state index contributed by atoms with van der Waals surface area (Å²) < 4.78 is 7.87. The zero-order valence-corrected chi connectivity index (χ0v) is 15.5. The first kappa shape index (κ1) is 18.8. The summed E-state index contributed by atoms with van der Waals surface area (Å²) >= 11 is 0. The van der Waals surface area contributed by atoms with Gasteiger partial charge >= 0.3 is 0 Å². The van der Waals surface area contributed by atoms with Crippen LogP contribution in [0, 0.1) is 0 Å². The van der Waals surface area contributed by atoms with Crippen LogP contribution in [0.1, 0.15) is 37.7 Å². The Morgan fingerprint density at radius 3 is 3.00 bits per heavy atom. The van der Waals surface area contributed by atoms with Crippen LogP contribution >= 0.6 is 0 Å². The van der Waals surface area contributed by atoms with E-state index in [2.05, 4.69) is 33.8 Å². The molecule has 0 amide bonds. The van der Waals surface area contributed by atoms with Crippen LogP contribution in [0.15, 0.2) is 43.4 Å². The van der Waals surface area contributed by atoms with Crippen molar-refractivity contribution >= 4 is 17.5 Å². The van der Waals surface area contributed by atoms with E-state index in [-0.39, 0.29) is 12.6 Å². The molecule has 1 unspecified atom stereocenters. The van der Waals surface area contributed by atoms with E-state index < -0.39 is 0 Å². The highest BCUT2D eigenvalue weighted by molar-refractivity contribution is 5.53. The van der Waals surface area contributed by atoms with E-state index in [0.717, 1.165) is 30.6 Å². The number of anilines is 1. The van der Waals surface area contributed by atoms with Crippen LogP contribution in [-0.2, 0) is 6.61 Å². The van der Waals surface area contributed by atoms with Crippen molar-refractivity contribution in [1.29, 1.82) is 0 Å². The molecule has 142 valence electrons. The molecule has 0 aromatic carbocycles. The Labute approximate surface area is 158 Å². The van der Waals surface area contributed by atoms with Gasteiger partial charge in [-0.15, -0.1) is 0 Å². The second-order valence-electron chi connectivity index (χ2n) is 6.30. The fraction of sp³-hybridized carbons (Fsp3) is 0.350. The average Bonchev–Trinajstić information content (AvgIpc) is 3.12. The summed E-state index contributed by atoms with van der Waals surface area (Å²) in [6, 6.07) is 5.75. The highest BCUT2D eigenvalue weighted by Crippen LogP contribution is 2.24. The van der Waals surface area contributed by atoms with Gasteiger partial charge in [0, 0.05) is 12.4 Å². The maximum absolute atomic E-state index is 9.64. The van der Waals surface area contributed by atoms with Crippen LogP contribution < -0.4 is 10.1 Å². The summed E-state index contributed by atoms with van der Waals surface area (Å²) in [5, 5.41) is 12.9. The highest BCUT2D eigenvalue weighted by Gasteiger charge is 2.14. The number of rotatable bonds is 10. The van der Waals surface area contributed by atoms with Crippen LogP contribution in [0.3, 0.4) is 0 Å². The maximum Gasteiger partial charge on any atom is 0.180 e. The minimum absolute atomic E-state index is 0.0271. The molecule has 3 heterocycles. The van der Waals surface area contributed by atoms with E-state index in [1.165, 1.54) is 0 Å². The van der Waals surface area contributed by atoms with E-state index in [1.807, 2.05) is 35.0 Å². The van der Waals surface area contributed by atoms with Crippen LogP contribution in [0.25, 0.3) is 11.7 Å². The third-order valence-electron chi connectivity index (χ3n) is 4.21. The van der Waals surface area contributed by atoms with Crippen LogP contribution in [0.5, 0.6) is 5.75 Å². The van der Waals surface area contributed by atoms with E-state index >= 15 is 0 Å². The average molecular weight is 367 g/mol. The zero-order chi connectivity index (χ0) is 19.1. The Hall–Kier alpha value is -2.93. The smallest absolute Gasteiger partial charge is 0.180 e. The lowest BCUT2D eigenvalue weighted by Crippen LogP contribution is -2.25. The van der Waals surface area contributed by atoms with Gasteiger partial charge in [-0.3, -0.25) is 0 Å². The fourth-order valence-electron chi connectivity index (χ4n) is 2.75. The molecule has 0 bridgehead atoms. The number of unbranched alkanes of at least 4 members (excludes halogenated alkanes) is 1. The molecule has 0 fully saturated rings. The van der Waals surface area contributed by atoms with Crippen molar-refractivity contribution in [1.82, 2.24) is 19.4 Å². The van der Waals surface area contributed by atoms with E-state index in [4.69, 9.17) is 4.74 Å². The molecular weight excluding hydrogens is 342 g/mol. The second-order valence-corrected chi connectivity index (χ2v) is 6.30. The van der Waals surface area contributed by atoms with Crippen molar-refractivity contribution in [3.63, 3.8) is 0 Å². The minimum Gasteiger partial charge on any atom is -0.482 e. The summed E-state index contributed by atoms with van der Waals surface area (Å²) in [6.45, 7) is 6.16. The first-order chi connectivity index (χ1) is 13.2. The number of aliphatic hydroxyl groups is 1. The zero-order valence-electron chi connectivity index (χ0n) is 15.5. The second kappa shape index (κ2) is 9.14. The molecule has 0 saturated carbocycles. The largest absolute Gasteiger partial charge is 0.482 e. The monoisotopic (exact) mass is 367 g/mol. The Kier molecular flexibility index (Phi) is 6.38. The van der Waals surface area contributed by atoms with Gasteiger partial charge in [-0.25, -0.2) is 15.0 Å². The molecular formula is C20H25N5O2. The molecule has 0 aliphatic carbocycles. The van der Waals surface area contributed by atoms with Crippen molar-refractivity contribution < 1.29 is 9.84 Å². The minimum atomic E-state index is -0.0879. The Balaban J connectivity index is 1.75. The standard InChI is InChI=1S/C20H25N5O2/c1-3-5-8-15(13-26)23-20-17(11-21-18(4-2)24-20)27-14-16-12-25-10-7-6-9-19(25)22-16/h4,6-7,9-12,15,26H,2-3,5,8,13-14H2,1H3,(H,21,23,24). The SMILES string of the molecule is C=Cc1ncc(OCc2cn3ccccc3n2)c(NC(CO)CCCC)n1. The summed E-state index contributed by atoms with van der Waals surface area (Å²) in [6.07, 6.45) is 10.0. The maximum atomic E-state index is 9.64. The number of pyridine rings is 1. The first-order valence-corrected chi connectivity index (χ1v) is 9.15. The third-order valence-corrected chi connectivity index (χ3v) is 4.21. The number of nitrogens with zero attached hydrogens (tertiary/aromatic N) is 4. The Morgan fingerprint density at radius 1 is 1.37 bits per heavy atom. The number of aromatic nitrogens is 4. The molecule has 0 aliphatic rings.